The van der Waals surface area contributed by atoms with Gasteiger partial charge in [0.2, 0.25) is 11.1 Å². The van der Waals surface area contributed by atoms with Crippen molar-refractivity contribution in [2.75, 3.05) is 30.3 Å². The minimum absolute atomic E-state index is 0.0108. The maximum atomic E-state index is 13.3. The number of nitrogens with two attached hydrogens (primary N) is 2. The molecule has 40 heavy (non-hydrogen) atoms. The first-order chi connectivity index (χ1) is 19.3. The molecule has 3 aliphatic rings. The number of rotatable bonds is 12. The van der Waals surface area contributed by atoms with Crippen molar-refractivity contribution in [3.05, 3.63) is 11.1 Å². The van der Waals surface area contributed by atoms with Crippen molar-refractivity contribution >= 4 is 63.5 Å². The summed E-state index contributed by atoms with van der Waals surface area (Å²) < 4.78 is 1.59. The van der Waals surface area contributed by atoms with Crippen molar-refractivity contribution in [1.29, 1.82) is 0 Å². The zero-order valence-corrected chi connectivity index (χ0v) is 23.9. The van der Waals surface area contributed by atoms with Crippen LogP contribution < -0.4 is 16.8 Å². The van der Waals surface area contributed by atoms with Crippen LogP contribution in [0.1, 0.15) is 37.8 Å². The Labute approximate surface area is 241 Å². The maximum absolute atomic E-state index is 13.3. The number of carbonyl (C=O) groups is 3. The summed E-state index contributed by atoms with van der Waals surface area (Å²) in [6.07, 6.45) is 4.42. The lowest BCUT2D eigenvalue weighted by molar-refractivity contribution is -0.157. The molecule has 0 bridgehead atoms. The van der Waals surface area contributed by atoms with Crippen LogP contribution in [0, 0.1) is 5.41 Å². The van der Waals surface area contributed by atoms with Crippen molar-refractivity contribution in [2.45, 2.75) is 61.3 Å². The van der Waals surface area contributed by atoms with E-state index in [0.717, 1.165) is 25.7 Å². The number of nitrogens with one attached hydrogen (secondary N) is 1. The maximum Gasteiger partial charge on any atom is 0.313 e. The molecule has 18 heteroatoms. The number of carboxylic acids is 1. The molecule has 2 amide bonds. The molecule has 1 aliphatic carbocycles. The Balaban J connectivity index is 1.23. The summed E-state index contributed by atoms with van der Waals surface area (Å²) in [5.74, 6) is -1.55. The van der Waals surface area contributed by atoms with Crippen LogP contribution in [0.4, 0.5) is 5.13 Å². The number of β-lactam (4-membered cyclic amide) rings is 1. The molecule has 0 spiro atoms. The molecule has 2 unspecified atom stereocenters. The number of tetrazole rings is 1. The number of aromatic nitrogens is 5. The molecule has 1 saturated carbocycles. The van der Waals surface area contributed by atoms with Gasteiger partial charge in [-0.05, 0) is 49.1 Å². The number of amides is 2. The van der Waals surface area contributed by atoms with Crippen LogP contribution in [-0.2, 0) is 25.8 Å². The first-order valence-electron chi connectivity index (χ1n) is 12.8. The van der Waals surface area contributed by atoms with Gasteiger partial charge in [0.25, 0.3) is 5.91 Å². The third kappa shape index (κ3) is 5.89. The predicted molar refractivity (Wildman–Crippen MR) is 149 cm³/mol. The highest BCUT2D eigenvalue weighted by molar-refractivity contribution is 8.00. The number of carboxylic acid groups (broad SMARTS) is 1. The van der Waals surface area contributed by atoms with E-state index in [0.29, 0.717) is 24.7 Å². The van der Waals surface area contributed by atoms with Gasteiger partial charge in [-0.2, -0.15) is 0 Å². The highest BCUT2D eigenvalue weighted by Gasteiger charge is 2.57. The average molecular weight is 611 g/mol. The van der Waals surface area contributed by atoms with E-state index < -0.39 is 28.7 Å². The van der Waals surface area contributed by atoms with E-state index >= 15 is 0 Å². The molecule has 216 valence electrons. The number of aryl methyl sites for hydroxylation is 1. The van der Waals surface area contributed by atoms with Crippen LogP contribution in [0.25, 0.3) is 0 Å². The highest BCUT2D eigenvalue weighted by Crippen LogP contribution is 2.44. The van der Waals surface area contributed by atoms with E-state index in [9.17, 15) is 19.5 Å². The number of nitrogens with zero attached hydrogens (tertiary/aromatic N) is 7. The second-order valence-corrected chi connectivity index (χ2v) is 12.8. The molecular weight excluding hydrogens is 581 g/mol. The van der Waals surface area contributed by atoms with Gasteiger partial charge in [-0.25, -0.2) is 9.67 Å². The van der Waals surface area contributed by atoms with E-state index in [2.05, 4.69) is 31.0 Å². The van der Waals surface area contributed by atoms with Crippen LogP contribution in [0.3, 0.4) is 0 Å². The fourth-order valence-electron chi connectivity index (χ4n) is 4.72. The number of anilines is 1. The summed E-state index contributed by atoms with van der Waals surface area (Å²) in [5, 5.41) is 30.6. The van der Waals surface area contributed by atoms with Crippen molar-refractivity contribution in [3.8, 4) is 0 Å². The van der Waals surface area contributed by atoms with Gasteiger partial charge in [-0.15, -0.1) is 28.2 Å². The fraction of sp³-hybridized carbons (Fsp3) is 0.636. The Bertz CT molecular complexity index is 1280. The number of carbonyl (C=O) groups excluding carboxylic acids is 2. The largest absolute Gasteiger partial charge is 0.481 e. The van der Waals surface area contributed by atoms with Crippen LogP contribution in [0.15, 0.2) is 15.7 Å². The van der Waals surface area contributed by atoms with Crippen LogP contribution in [0.5, 0.6) is 0 Å². The summed E-state index contributed by atoms with van der Waals surface area (Å²) in [6.45, 7) is 1.02. The molecule has 2 saturated heterocycles. The molecule has 0 radical (unpaired) electrons. The summed E-state index contributed by atoms with van der Waals surface area (Å²) in [4.78, 5) is 50.1. The number of thiazole rings is 1. The molecule has 3 atom stereocenters. The number of oxime groups is 1. The standard InChI is InChI=1S/C22H30N10O5S3/c23-6-3-7-32-21(27-29-30-32)40-11-22(19(35)36)9-31-17(34)15(18(31)39-10-22)26-16(33)14(13-8-38-20(24)25-13)28-37-12-4-1-2-5-12/h8,12,15,18H,1-7,9-11,23H2,(H2,24,25)(H,26,33)(H,35,36)/t15?,18-,22?/m1/s1. The number of hydrogen-bond donors (Lipinski definition) is 4. The minimum Gasteiger partial charge on any atom is -0.481 e. The Hall–Kier alpha value is -2.96. The first kappa shape index (κ1) is 28.6. The number of fused-ring (bicyclic) bond motifs is 1. The van der Waals surface area contributed by atoms with Gasteiger partial charge in [0.15, 0.2) is 10.8 Å². The molecule has 6 N–H and O–H groups in total. The molecular formula is C22H30N10O5S3. The van der Waals surface area contributed by atoms with Crippen molar-refractivity contribution in [2.24, 2.45) is 16.3 Å². The Morgan fingerprint density at radius 1 is 1.35 bits per heavy atom. The van der Waals surface area contributed by atoms with Gasteiger partial charge < -0.3 is 31.6 Å². The normalized spacial score (nSPS) is 25.0. The van der Waals surface area contributed by atoms with Crippen LogP contribution in [-0.4, -0.2) is 101 Å². The Kier molecular flexibility index (Phi) is 8.77. The Morgan fingerprint density at radius 3 is 2.85 bits per heavy atom. The molecule has 2 aromatic heterocycles. The van der Waals surface area contributed by atoms with E-state index in [4.69, 9.17) is 16.3 Å². The summed E-state index contributed by atoms with van der Waals surface area (Å²) in [6, 6.07) is -0.826. The molecule has 15 nitrogen and oxygen atoms in total. The lowest BCUT2D eigenvalue weighted by Gasteiger charge is -2.53. The molecule has 0 aromatic carbocycles. The van der Waals surface area contributed by atoms with Gasteiger partial charge in [-0.1, -0.05) is 16.9 Å². The lowest BCUT2D eigenvalue weighted by Crippen LogP contribution is -2.74. The smallest absolute Gasteiger partial charge is 0.313 e. The number of aliphatic carboxylic acids is 1. The molecule has 2 aromatic rings. The third-order valence-corrected chi connectivity index (χ3v) is 10.5. The van der Waals surface area contributed by atoms with E-state index in [-0.39, 0.29) is 46.6 Å². The van der Waals surface area contributed by atoms with Gasteiger partial charge in [0, 0.05) is 30.0 Å². The molecule has 3 fully saturated rings. The van der Waals surface area contributed by atoms with Crippen LogP contribution in [0.2, 0.25) is 0 Å². The topological polar surface area (TPSA) is 217 Å². The number of nitrogen functional groups attached to an aromatic ring is 1. The van der Waals surface area contributed by atoms with Crippen molar-refractivity contribution in [3.63, 3.8) is 0 Å². The second-order valence-electron chi connectivity index (χ2n) is 9.84. The van der Waals surface area contributed by atoms with Gasteiger partial charge in [-0.3, -0.25) is 14.4 Å². The highest BCUT2D eigenvalue weighted by atomic mass is 32.2. The Morgan fingerprint density at radius 2 is 2.15 bits per heavy atom. The number of hydrogen-bond acceptors (Lipinski definition) is 14. The monoisotopic (exact) mass is 610 g/mol. The van der Waals surface area contributed by atoms with Crippen molar-refractivity contribution in [1.82, 2.24) is 35.4 Å². The minimum atomic E-state index is -1.21. The zero-order chi connectivity index (χ0) is 28.3. The SMILES string of the molecule is NCCCn1nnnc1SCC1(C(=O)O)CS[C@@H]2C(NC(=O)C(=NOC3CCCC3)c3csc(N)n3)C(=O)N2C1. The second kappa shape index (κ2) is 12.3. The van der Waals surface area contributed by atoms with E-state index in [1.54, 1.807) is 10.1 Å². The number of thioether (sulfide) groups is 2. The fourth-order valence-corrected chi connectivity index (χ4v) is 8.03. The zero-order valence-electron chi connectivity index (χ0n) is 21.5. The lowest BCUT2D eigenvalue weighted by atomic mass is 9.89. The first-order valence-corrected chi connectivity index (χ1v) is 15.7. The molecule has 4 heterocycles. The molecule has 5 rings (SSSR count). The predicted octanol–water partition coefficient (Wildman–Crippen LogP) is -0.0129. The van der Waals surface area contributed by atoms with Gasteiger partial charge >= 0.3 is 5.97 Å². The summed E-state index contributed by atoms with van der Waals surface area (Å²) in [5.41, 5.74) is 10.4. The van der Waals surface area contributed by atoms with Gasteiger partial charge in [0.1, 0.15) is 28.6 Å². The van der Waals surface area contributed by atoms with Gasteiger partial charge in [0.05, 0.1) is 0 Å². The third-order valence-electron chi connectivity index (χ3n) is 7.01. The van der Waals surface area contributed by atoms with Crippen LogP contribution >= 0.6 is 34.9 Å². The summed E-state index contributed by atoms with van der Waals surface area (Å²) in [7, 11) is 0. The van der Waals surface area contributed by atoms with Crippen molar-refractivity contribution < 1.29 is 24.3 Å². The average Bonchev–Trinajstić information content (AvgIpc) is 3.72. The van der Waals surface area contributed by atoms with E-state index in [1.807, 2.05) is 0 Å². The quantitative estimate of drug-likeness (QED) is 0.108. The van der Waals surface area contributed by atoms with E-state index in [1.165, 1.54) is 39.8 Å². The summed E-state index contributed by atoms with van der Waals surface area (Å²) >= 11 is 3.73. The molecule has 2 aliphatic heterocycles.